The van der Waals surface area contributed by atoms with Crippen LogP contribution in [0.3, 0.4) is 0 Å². The number of rotatable bonds is 7. The Morgan fingerprint density at radius 3 is 2.48 bits per heavy atom. The van der Waals surface area contributed by atoms with Gasteiger partial charge in [0.2, 0.25) is 0 Å². The summed E-state index contributed by atoms with van der Waals surface area (Å²) in [6.45, 7) is 1.86. The van der Waals surface area contributed by atoms with E-state index in [4.69, 9.17) is 14.7 Å². The second-order valence-electron chi connectivity index (χ2n) is 5.98. The lowest BCUT2D eigenvalue weighted by molar-refractivity contribution is -0.119. The Morgan fingerprint density at radius 1 is 1.14 bits per heavy atom. The van der Waals surface area contributed by atoms with Crippen molar-refractivity contribution < 1.29 is 19.1 Å². The molecule has 1 aromatic heterocycles. The summed E-state index contributed by atoms with van der Waals surface area (Å²) in [7, 11) is 0. The molecule has 0 spiro atoms. The Labute approximate surface area is 171 Å². The molecule has 1 N–H and O–H groups in total. The number of nitrogens with zero attached hydrogens (tertiary/aromatic N) is 2. The first-order valence-corrected chi connectivity index (χ1v) is 9.52. The van der Waals surface area contributed by atoms with E-state index in [9.17, 15) is 9.59 Å². The second-order valence-corrected chi connectivity index (χ2v) is 7.05. The summed E-state index contributed by atoms with van der Waals surface area (Å²) < 4.78 is 10.7. The number of aromatic nitrogens is 1. The third-order valence-electron chi connectivity index (χ3n) is 3.78. The van der Waals surface area contributed by atoms with Crippen molar-refractivity contribution in [3.05, 3.63) is 75.7 Å². The van der Waals surface area contributed by atoms with Gasteiger partial charge >= 0.3 is 5.97 Å². The predicted molar refractivity (Wildman–Crippen MR) is 108 cm³/mol. The summed E-state index contributed by atoms with van der Waals surface area (Å²) in [5.74, 6) is -0.478. The van der Waals surface area contributed by atoms with E-state index < -0.39 is 18.5 Å². The molecule has 146 valence electrons. The Bertz CT molecular complexity index is 1040. The van der Waals surface area contributed by atoms with Crippen LogP contribution in [0.15, 0.2) is 53.9 Å². The minimum atomic E-state index is -0.610. The van der Waals surface area contributed by atoms with Crippen molar-refractivity contribution in [2.75, 3.05) is 11.9 Å². The van der Waals surface area contributed by atoms with Crippen LogP contribution in [-0.4, -0.2) is 23.5 Å². The molecule has 2 aromatic carbocycles. The molecule has 0 radical (unpaired) electrons. The molecule has 1 amide bonds. The molecule has 0 fully saturated rings. The predicted octanol–water partition coefficient (Wildman–Crippen LogP) is 3.70. The molecule has 1 heterocycles. The van der Waals surface area contributed by atoms with E-state index in [0.717, 1.165) is 10.7 Å². The minimum Gasteiger partial charge on any atom is -0.487 e. The maximum Gasteiger partial charge on any atom is 0.338 e. The number of nitriles is 1. The molecule has 8 heteroatoms. The average Bonchev–Trinajstić information content (AvgIpc) is 3.16. The van der Waals surface area contributed by atoms with Crippen LogP contribution >= 0.6 is 11.3 Å². The lowest BCUT2D eigenvalue weighted by atomic mass is 10.2. The summed E-state index contributed by atoms with van der Waals surface area (Å²) in [6.07, 6.45) is 0. The molecule has 0 saturated carbocycles. The van der Waals surface area contributed by atoms with Crippen LogP contribution in [-0.2, 0) is 16.1 Å². The van der Waals surface area contributed by atoms with Crippen LogP contribution in [0.2, 0.25) is 0 Å². The van der Waals surface area contributed by atoms with Crippen LogP contribution in [0.25, 0.3) is 0 Å². The van der Waals surface area contributed by atoms with Gasteiger partial charge in [-0.15, -0.1) is 11.3 Å². The minimum absolute atomic E-state index is 0.313. The topological polar surface area (TPSA) is 101 Å². The average molecular weight is 407 g/mol. The van der Waals surface area contributed by atoms with Crippen LogP contribution in [0.5, 0.6) is 5.75 Å². The van der Waals surface area contributed by atoms with E-state index in [-0.39, 0.29) is 0 Å². The normalized spacial score (nSPS) is 10.1. The summed E-state index contributed by atoms with van der Waals surface area (Å²) in [4.78, 5) is 28.3. The highest BCUT2D eigenvalue weighted by molar-refractivity contribution is 7.09. The largest absolute Gasteiger partial charge is 0.487 e. The molecule has 0 bridgehead atoms. The molecule has 7 nitrogen and oxygen atoms in total. The number of carbonyl (C=O) groups is 2. The zero-order valence-corrected chi connectivity index (χ0v) is 16.4. The van der Waals surface area contributed by atoms with Crippen LogP contribution in [0.1, 0.15) is 26.6 Å². The van der Waals surface area contributed by atoms with Gasteiger partial charge in [-0.05, 0) is 55.5 Å². The second kappa shape index (κ2) is 9.48. The van der Waals surface area contributed by atoms with Gasteiger partial charge in [0, 0.05) is 11.1 Å². The van der Waals surface area contributed by atoms with E-state index in [0.29, 0.717) is 29.2 Å². The number of ether oxygens (including phenoxy) is 2. The maximum absolute atomic E-state index is 12.1. The third kappa shape index (κ3) is 5.89. The lowest BCUT2D eigenvalue weighted by Gasteiger charge is -2.08. The zero-order valence-electron chi connectivity index (χ0n) is 15.5. The lowest BCUT2D eigenvalue weighted by Crippen LogP contribution is -2.20. The van der Waals surface area contributed by atoms with Crippen molar-refractivity contribution in [3.8, 4) is 11.8 Å². The van der Waals surface area contributed by atoms with Gasteiger partial charge in [0.15, 0.2) is 6.61 Å². The van der Waals surface area contributed by atoms with E-state index in [1.807, 2.05) is 18.4 Å². The molecular weight excluding hydrogens is 390 g/mol. The van der Waals surface area contributed by atoms with Crippen LogP contribution < -0.4 is 10.1 Å². The van der Waals surface area contributed by atoms with Gasteiger partial charge in [-0.1, -0.05) is 0 Å². The monoisotopic (exact) mass is 407 g/mol. The van der Waals surface area contributed by atoms with Gasteiger partial charge in [0.1, 0.15) is 12.4 Å². The maximum atomic E-state index is 12.1. The number of esters is 1. The first-order valence-electron chi connectivity index (χ1n) is 8.64. The van der Waals surface area contributed by atoms with Crippen molar-refractivity contribution >= 4 is 28.9 Å². The van der Waals surface area contributed by atoms with Gasteiger partial charge in [0.25, 0.3) is 5.91 Å². The first-order chi connectivity index (χ1) is 14.0. The summed E-state index contributed by atoms with van der Waals surface area (Å²) in [5, 5.41) is 14.3. The SMILES string of the molecule is Cc1nc(COc2ccc(C(=O)OCC(=O)Nc3ccc(C#N)cc3)cc2)cs1. The highest BCUT2D eigenvalue weighted by Crippen LogP contribution is 2.16. The number of thiazole rings is 1. The Kier molecular flexibility index (Phi) is 6.55. The number of nitrogens with one attached hydrogen (secondary N) is 1. The molecule has 3 aromatic rings. The Morgan fingerprint density at radius 2 is 1.86 bits per heavy atom. The zero-order chi connectivity index (χ0) is 20.6. The smallest absolute Gasteiger partial charge is 0.338 e. The number of benzene rings is 2. The summed E-state index contributed by atoms with van der Waals surface area (Å²) in [5.41, 5.74) is 2.17. The molecule has 3 rings (SSSR count). The van der Waals surface area contributed by atoms with Gasteiger partial charge in [-0.25, -0.2) is 9.78 Å². The van der Waals surface area contributed by atoms with E-state index in [2.05, 4.69) is 10.3 Å². The number of anilines is 1. The third-order valence-corrected chi connectivity index (χ3v) is 4.60. The Hall–Kier alpha value is -3.70. The first kappa shape index (κ1) is 20.0. The molecule has 29 heavy (non-hydrogen) atoms. The fraction of sp³-hybridized carbons (Fsp3) is 0.143. The fourth-order valence-corrected chi connectivity index (χ4v) is 2.96. The number of hydrogen-bond donors (Lipinski definition) is 1. The summed E-state index contributed by atoms with van der Waals surface area (Å²) in [6, 6.07) is 14.8. The molecular formula is C21H17N3O4S. The number of aryl methyl sites for hydroxylation is 1. The van der Waals surface area contributed by atoms with Gasteiger partial charge < -0.3 is 14.8 Å². The molecule has 0 aliphatic heterocycles. The highest BCUT2D eigenvalue weighted by atomic mass is 32.1. The van der Waals surface area contributed by atoms with E-state index in [1.54, 1.807) is 59.9 Å². The quantitative estimate of drug-likeness (QED) is 0.599. The van der Waals surface area contributed by atoms with E-state index in [1.165, 1.54) is 0 Å². The van der Waals surface area contributed by atoms with Crippen LogP contribution in [0, 0.1) is 18.3 Å². The van der Waals surface area contributed by atoms with Crippen molar-refractivity contribution in [2.45, 2.75) is 13.5 Å². The molecule has 0 unspecified atom stereocenters. The number of amides is 1. The highest BCUT2D eigenvalue weighted by Gasteiger charge is 2.11. The molecule has 0 atom stereocenters. The van der Waals surface area contributed by atoms with Crippen molar-refractivity contribution in [2.24, 2.45) is 0 Å². The van der Waals surface area contributed by atoms with Crippen molar-refractivity contribution in [1.29, 1.82) is 5.26 Å². The Balaban J connectivity index is 1.46. The van der Waals surface area contributed by atoms with Gasteiger partial charge in [-0.2, -0.15) is 5.26 Å². The molecule has 0 aliphatic carbocycles. The van der Waals surface area contributed by atoms with Crippen molar-refractivity contribution in [1.82, 2.24) is 4.98 Å². The van der Waals surface area contributed by atoms with Gasteiger partial charge in [-0.3, -0.25) is 4.79 Å². The van der Waals surface area contributed by atoms with Crippen molar-refractivity contribution in [3.63, 3.8) is 0 Å². The number of hydrogen-bond acceptors (Lipinski definition) is 7. The standard InChI is InChI=1S/C21H17N3O4S/c1-14-23-18(13-29-14)11-27-19-8-4-16(5-9-19)21(26)28-12-20(25)24-17-6-2-15(10-22)3-7-17/h2-9,13H,11-12H2,1H3,(H,24,25). The summed E-state index contributed by atoms with van der Waals surface area (Å²) >= 11 is 1.56. The molecule has 0 saturated heterocycles. The van der Waals surface area contributed by atoms with Crippen LogP contribution in [0.4, 0.5) is 5.69 Å². The fourth-order valence-electron chi connectivity index (χ4n) is 2.36. The van der Waals surface area contributed by atoms with E-state index >= 15 is 0 Å². The number of carbonyl (C=O) groups excluding carboxylic acids is 2. The van der Waals surface area contributed by atoms with Gasteiger partial charge in [0.05, 0.1) is 27.9 Å². The molecule has 0 aliphatic rings.